The molecule has 0 aliphatic carbocycles. The van der Waals surface area contributed by atoms with Crippen LogP contribution in [0.4, 0.5) is 3.89 Å². The molecule has 0 atom stereocenters. The second-order valence-electron chi connectivity index (χ2n) is 8.32. The lowest BCUT2D eigenvalue weighted by atomic mass is 10.0. The van der Waals surface area contributed by atoms with Gasteiger partial charge in [-0.15, -0.1) is 3.89 Å². The highest BCUT2D eigenvalue weighted by atomic mass is 32.3. The van der Waals surface area contributed by atoms with Gasteiger partial charge in [0.05, 0.1) is 21.1 Å². The molecule has 6 nitrogen and oxygen atoms in total. The highest BCUT2D eigenvalue weighted by Gasteiger charge is 2.25. The summed E-state index contributed by atoms with van der Waals surface area (Å²) < 4.78 is 60.1. The largest absolute Gasteiger partial charge is 0.478 e. The third-order valence-corrected chi connectivity index (χ3v) is 8.23. The van der Waals surface area contributed by atoms with Crippen LogP contribution in [-0.2, 0) is 20.1 Å². The number of sulfone groups is 1. The van der Waals surface area contributed by atoms with Crippen LogP contribution < -0.4 is 0 Å². The number of hydrogen-bond acceptors (Lipinski definition) is 5. The molecule has 0 spiro atoms. The molecule has 1 rings (SSSR count). The predicted octanol–water partition coefficient (Wildman–Crippen LogP) is 6.30. The van der Waals surface area contributed by atoms with E-state index in [1.807, 2.05) is 0 Å². The van der Waals surface area contributed by atoms with Gasteiger partial charge in [0.25, 0.3) is 0 Å². The van der Waals surface area contributed by atoms with Crippen LogP contribution in [0.25, 0.3) is 0 Å². The third kappa shape index (κ3) is 10.9. The van der Waals surface area contributed by atoms with Crippen LogP contribution in [-0.4, -0.2) is 33.7 Å². The van der Waals surface area contributed by atoms with E-state index < -0.39 is 41.4 Å². The first-order chi connectivity index (χ1) is 15.1. The fourth-order valence-electron chi connectivity index (χ4n) is 3.70. The molecular formula is C23H37FO6S2. The summed E-state index contributed by atoms with van der Waals surface area (Å²) >= 11 is 0. The fraction of sp³-hybridized carbons (Fsp3) is 0.696. The number of carbonyl (C=O) groups is 1. The van der Waals surface area contributed by atoms with E-state index in [4.69, 9.17) is 0 Å². The van der Waals surface area contributed by atoms with Gasteiger partial charge in [-0.3, -0.25) is 0 Å². The highest BCUT2D eigenvalue weighted by molar-refractivity contribution is 7.91. The molecule has 0 saturated heterocycles. The number of benzene rings is 1. The fourth-order valence-corrected chi connectivity index (χ4v) is 5.75. The van der Waals surface area contributed by atoms with E-state index in [1.54, 1.807) is 0 Å². The van der Waals surface area contributed by atoms with Crippen LogP contribution in [0.1, 0.15) is 107 Å². The molecular weight excluding hydrogens is 455 g/mol. The minimum absolute atomic E-state index is 0.229. The SMILES string of the molecule is CCCCCCCCCCCCCCCCS(=O)(=O)c1ccc(S(=O)(=O)F)cc1C(=O)O. The van der Waals surface area contributed by atoms with E-state index in [0.29, 0.717) is 12.5 Å². The first kappa shape index (κ1) is 28.6. The minimum Gasteiger partial charge on any atom is -0.478 e. The van der Waals surface area contributed by atoms with Crippen molar-refractivity contribution in [1.82, 2.24) is 0 Å². The van der Waals surface area contributed by atoms with Gasteiger partial charge in [0.2, 0.25) is 0 Å². The number of halogens is 1. The first-order valence-electron chi connectivity index (χ1n) is 11.6. The first-order valence-corrected chi connectivity index (χ1v) is 14.7. The summed E-state index contributed by atoms with van der Waals surface area (Å²) in [4.78, 5) is 10.0. The molecule has 0 unspecified atom stereocenters. The van der Waals surface area contributed by atoms with Crippen molar-refractivity contribution in [2.75, 3.05) is 5.75 Å². The average molecular weight is 493 g/mol. The number of unbranched alkanes of at least 4 members (excludes halogenated alkanes) is 13. The molecule has 0 heterocycles. The van der Waals surface area contributed by atoms with E-state index in [0.717, 1.165) is 37.8 Å². The zero-order valence-corrected chi connectivity index (χ0v) is 20.7. The molecule has 1 aromatic carbocycles. The molecule has 0 aromatic heterocycles. The Balaban J connectivity index is 2.32. The second-order valence-corrected chi connectivity index (χ2v) is 11.7. The summed E-state index contributed by atoms with van der Waals surface area (Å²) in [6.45, 7) is 2.22. The molecule has 0 saturated carbocycles. The smallest absolute Gasteiger partial charge is 0.337 e. The number of hydrogen-bond donors (Lipinski definition) is 1. The molecule has 0 fully saturated rings. The van der Waals surface area contributed by atoms with Gasteiger partial charge in [0.1, 0.15) is 0 Å². The summed E-state index contributed by atoms with van der Waals surface area (Å²) in [5.74, 6) is -1.84. The maximum Gasteiger partial charge on any atom is 0.337 e. The number of carboxylic acid groups (broad SMARTS) is 1. The Morgan fingerprint density at radius 3 is 1.62 bits per heavy atom. The summed E-state index contributed by atoms with van der Waals surface area (Å²) in [5.41, 5.74) is -0.728. The minimum atomic E-state index is -5.12. The van der Waals surface area contributed by atoms with Crippen LogP contribution in [0, 0.1) is 0 Å². The van der Waals surface area contributed by atoms with Crippen molar-refractivity contribution >= 4 is 26.0 Å². The van der Waals surface area contributed by atoms with Crippen LogP contribution in [0.15, 0.2) is 28.0 Å². The molecule has 0 radical (unpaired) electrons. The van der Waals surface area contributed by atoms with Gasteiger partial charge in [-0.25, -0.2) is 13.2 Å². The Morgan fingerprint density at radius 2 is 1.22 bits per heavy atom. The van der Waals surface area contributed by atoms with Gasteiger partial charge in [-0.2, -0.15) is 8.42 Å². The zero-order valence-electron chi connectivity index (χ0n) is 19.0. The van der Waals surface area contributed by atoms with E-state index >= 15 is 0 Å². The van der Waals surface area contributed by atoms with E-state index in [2.05, 4.69) is 6.92 Å². The Bertz CT molecular complexity index is 910. The van der Waals surface area contributed by atoms with Crippen LogP contribution >= 0.6 is 0 Å². The molecule has 0 aliphatic rings. The van der Waals surface area contributed by atoms with Crippen molar-refractivity contribution in [2.45, 2.75) is 107 Å². The predicted molar refractivity (Wildman–Crippen MR) is 124 cm³/mol. The van der Waals surface area contributed by atoms with Crippen LogP contribution in [0.3, 0.4) is 0 Å². The van der Waals surface area contributed by atoms with Crippen molar-refractivity contribution in [3.05, 3.63) is 23.8 Å². The highest BCUT2D eigenvalue weighted by Crippen LogP contribution is 2.24. The molecule has 1 N–H and O–H groups in total. The molecule has 1 aromatic rings. The second kappa shape index (κ2) is 14.6. The maximum atomic E-state index is 13.1. The molecule has 32 heavy (non-hydrogen) atoms. The van der Waals surface area contributed by atoms with E-state index in [-0.39, 0.29) is 5.75 Å². The van der Waals surface area contributed by atoms with Crippen LogP contribution in [0.5, 0.6) is 0 Å². The van der Waals surface area contributed by atoms with Crippen molar-refractivity contribution in [3.63, 3.8) is 0 Å². The molecule has 0 bridgehead atoms. The molecule has 184 valence electrons. The Labute approximate surface area is 192 Å². The summed E-state index contributed by atoms with van der Waals surface area (Å²) in [5, 5.41) is 9.23. The van der Waals surface area contributed by atoms with Crippen LogP contribution in [0.2, 0.25) is 0 Å². The van der Waals surface area contributed by atoms with Gasteiger partial charge >= 0.3 is 16.2 Å². The summed E-state index contributed by atoms with van der Waals surface area (Å²) in [6, 6.07) is 2.19. The Hall–Kier alpha value is -1.48. The third-order valence-electron chi connectivity index (χ3n) is 5.56. The number of aromatic carboxylic acids is 1. The topological polar surface area (TPSA) is 106 Å². The lowest BCUT2D eigenvalue weighted by molar-refractivity contribution is 0.0692. The normalized spacial score (nSPS) is 12.2. The monoisotopic (exact) mass is 492 g/mol. The van der Waals surface area contributed by atoms with Crippen molar-refractivity contribution in [3.8, 4) is 0 Å². The van der Waals surface area contributed by atoms with Crippen molar-refractivity contribution in [1.29, 1.82) is 0 Å². The van der Waals surface area contributed by atoms with Gasteiger partial charge in [0.15, 0.2) is 9.84 Å². The van der Waals surface area contributed by atoms with E-state index in [9.17, 15) is 30.6 Å². The van der Waals surface area contributed by atoms with Gasteiger partial charge in [-0.1, -0.05) is 90.4 Å². The van der Waals surface area contributed by atoms with Gasteiger partial charge in [-0.05, 0) is 24.6 Å². The number of rotatable bonds is 18. The quantitative estimate of drug-likeness (QED) is 0.190. The van der Waals surface area contributed by atoms with E-state index in [1.165, 1.54) is 57.8 Å². The summed E-state index contributed by atoms with van der Waals surface area (Å²) in [7, 11) is -9.03. The average Bonchev–Trinajstić information content (AvgIpc) is 2.72. The maximum absolute atomic E-state index is 13.1. The lowest BCUT2D eigenvalue weighted by Gasteiger charge is -2.09. The summed E-state index contributed by atoms with van der Waals surface area (Å²) in [6.07, 6.45) is 15.8. The number of carboxylic acids is 1. The molecule has 9 heteroatoms. The lowest BCUT2D eigenvalue weighted by Crippen LogP contribution is -2.13. The van der Waals surface area contributed by atoms with Crippen molar-refractivity contribution in [2.24, 2.45) is 0 Å². The standard InChI is InChI=1S/C23H37FO6S2/c1-2-3-4-5-6-7-8-9-10-11-12-13-14-15-18-31(27,28)22-17-16-20(32(24,29)30)19-21(22)23(25)26/h16-17,19H,2-15,18H2,1H3,(H,25,26). The Morgan fingerprint density at radius 1 is 0.781 bits per heavy atom. The zero-order chi connectivity index (χ0) is 24.0. The van der Waals surface area contributed by atoms with Crippen molar-refractivity contribution < 1.29 is 30.6 Å². The molecule has 0 amide bonds. The Kier molecular flexibility index (Phi) is 13.0. The van der Waals surface area contributed by atoms with Gasteiger partial charge < -0.3 is 5.11 Å². The van der Waals surface area contributed by atoms with Gasteiger partial charge in [0, 0.05) is 0 Å². The molecule has 0 aliphatic heterocycles.